The second-order valence-electron chi connectivity index (χ2n) is 3.49. The summed E-state index contributed by atoms with van der Waals surface area (Å²) in [6, 6.07) is 0. The molecule has 0 heterocycles. The Morgan fingerprint density at radius 2 is 2.00 bits per heavy atom. The summed E-state index contributed by atoms with van der Waals surface area (Å²) in [5.41, 5.74) is 0. The van der Waals surface area contributed by atoms with Crippen LogP contribution in [-0.4, -0.2) is 28.3 Å². The van der Waals surface area contributed by atoms with E-state index >= 15 is 0 Å². The molecule has 0 amide bonds. The topological polar surface area (TPSA) is 74.9 Å². The molecule has 4 nitrogen and oxygen atoms in total. The standard InChI is InChI=1S/C9H16O3S.H2O/c1-13(11)12-7-6-8-2-4-9(10)5-3-8;/h8H,2-7H2,1H3;1H2. The van der Waals surface area contributed by atoms with Crippen molar-refractivity contribution < 1.29 is 18.7 Å². The molecule has 0 aromatic heterocycles. The Morgan fingerprint density at radius 1 is 1.43 bits per heavy atom. The zero-order chi connectivity index (χ0) is 9.68. The minimum atomic E-state index is -1.14. The van der Waals surface area contributed by atoms with Crippen LogP contribution in [0.4, 0.5) is 0 Å². The largest absolute Gasteiger partial charge is 0.412 e. The van der Waals surface area contributed by atoms with Crippen LogP contribution in [0.25, 0.3) is 0 Å². The van der Waals surface area contributed by atoms with Gasteiger partial charge in [0.1, 0.15) is 5.78 Å². The van der Waals surface area contributed by atoms with Crippen LogP contribution in [-0.2, 0) is 20.1 Å². The van der Waals surface area contributed by atoms with Crippen LogP contribution < -0.4 is 0 Å². The molecule has 2 N–H and O–H groups in total. The lowest BCUT2D eigenvalue weighted by Gasteiger charge is -2.19. The van der Waals surface area contributed by atoms with E-state index in [9.17, 15) is 9.00 Å². The summed E-state index contributed by atoms with van der Waals surface area (Å²) in [5.74, 6) is 0.984. The van der Waals surface area contributed by atoms with Gasteiger partial charge in [0.05, 0.1) is 6.61 Å². The van der Waals surface area contributed by atoms with Gasteiger partial charge in [-0.2, -0.15) is 0 Å². The predicted molar refractivity (Wildman–Crippen MR) is 55.2 cm³/mol. The monoisotopic (exact) mass is 222 g/mol. The van der Waals surface area contributed by atoms with Crippen LogP contribution in [0.5, 0.6) is 0 Å². The van der Waals surface area contributed by atoms with Crippen molar-refractivity contribution in [3.05, 3.63) is 0 Å². The molecule has 1 fully saturated rings. The van der Waals surface area contributed by atoms with Crippen molar-refractivity contribution in [2.75, 3.05) is 12.9 Å². The Hall–Kier alpha value is -0.260. The van der Waals surface area contributed by atoms with Crippen LogP contribution in [0, 0.1) is 5.92 Å². The van der Waals surface area contributed by atoms with Gasteiger partial charge < -0.3 is 5.48 Å². The van der Waals surface area contributed by atoms with E-state index in [1.807, 2.05) is 0 Å². The fourth-order valence-electron chi connectivity index (χ4n) is 1.62. The van der Waals surface area contributed by atoms with Gasteiger partial charge in [-0.3, -0.25) is 8.98 Å². The number of carbonyl (C=O) groups excluding carboxylic acids is 1. The highest BCUT2D eigenvalue weighted by Gasteiger charge is 2.18. The summed E-state index contributed by atoms with van der Waals surface area (Å²) in [4.78, 5) is 10.9. The van der Waals surface area contributed by atoms with Crippen molar-refractivity contribution in [2.45, 2.75) is 32.1 Å². The molecular weight excluding hydrogens is 204 g/mol. The van der Waals surface area contributed by atoms with E-state index in [4.69, 9.17) is 4.18 Å². The molecule has 1 unspecified atom stereocenters. The van der Waals surface area contributed by atoms with E-state index in [0.717, 1.165) is 32.1 Å². The molecule has 14 heavy (non-hydrogen) atoms. The Bertz CT molecular complexity index is 195. The predicted octanol–water partition coefficient (Wildman–Crippen LogP) is 0.621. The molecule has 5 heteroatoms. The smallest absolute Gasteiger partial charge is 0.152 e. The van der Waals surface area contributed by atoms with Crippen LogP contribution in [0.1, 0.15) is 32.1 Å². The van der Waals surface area contributed by atoms with Gasteiger partial charge in [0.2, 0.25) is 0 Å². The van der Waals surface area contributed by atoms with Crippen molar-refractivity contribution in [3.8, 4) is 0 Å². The SMILES string of the molecule is CS(=O)OCCC1CCC(=O)CC1.O. The number of Topliss-reactive ketones (excluding diaryl/α,β-unsaturated/α-hetero) is 1. The third-order valence-corrected chi connectivity index (χ3v) is 2.94. The molecule has 0 saturated heterocycles. The molecule has 1 saturated carbocycles. The summed E-state index contributed by atoms with van der Waals surface area (Å²) in [5, 5.41) is 0. The van der Waals surface area contributed by atoms with E-state index in [2.05, 4.69) is 0 Å². The first-order valence-electron chi connectivity index (χ1n) is 4.67. The maximum absolute atomic E-state index is 10.9. The zero-order valence-corrected chi connectivity index (χ0v) is 9.27. The lowest BCUT2D eigenvalue weighted by atomic mass is 9.86. The highest BCUT2D eigenvalue weighted by atomic mass is 32.2. The quantitative estimate of drug-likeness (QED) is 0.699. The second-order valence-corrected chi connectivity index (χ2v) is 4.53. The zero-order valence-electron chi connectivity index (χ0n) is 8.45. The average molecular weight is 222 g/mol. The third-order valence-electron chi connectivity index (χ3n) is 2.44. The van der Waals surface area contributed by atoms with E-state index < -0.39 is 11.1 Å². The third kappa shape index (κ3) is 5.47. The van der Waals surface area contributed by atoms with Gasteiger partial charge in [0.25, 0.3) is 0 Å². The first kappa shape index (κ1) is 13.7. The minimum Gasteiger partial charge on any atom is -0.412 e. The lowest BCUT2D eigenvalue weighted by Crippen LogP contribution is -2.15. The maximum atomic E-state index is 10.9. The molecule has 0 bridgehead atoms. The summed E-state index contributed by atoms with van der Waals surface area (Å²) in [6.45, 7) is 0.558. The Balaban J connectivity index is 0.00000169. The van der Waals surface area contributed by atoms with Gasteiger partial charge in [-0.25, -0.2) is 4.21 Å². The number of hydrogen-bond acceptors (Lipinski definition) is 3. The van der Waals surface area contributed by atoms with E-state index in [1.165, 1.54) is 6.26 Å². The van der Waals surface area contributed by atoms with Gasteiger partial charge in [0.15, 0.2) is 11.1 Å². The van der Waals surface area contributed by atoms with Crippen molar-refractivity contribution in [1.29, 1.82) is 0 Å². The molecule has 1 aliphatic carbocycles. The lowest BCUT2D eigenvalue weighted by molar-refractivity contribution is -0.121. The average Bonchev–Trinajstić information content (AvgIpc) is 2.08. The van der Waals surface area contributed by atoms with Crippen LogP contribution in [0.15, 0.2) is 0 Å². The van der Waals surface area contributed by atoms with Gasteiger partial charge in [-0.15, -0.1) is 0 Å². The van der Waals surface area contributed by atoms with Gasteiger partial charge in [-0.05, 0) is 25.2 Å². The van der Waals surface area contributed by atoms with Crippen LogP contribution in [0.2, 0.25) is 0 Å². The van der Waals surface area contributed by atoms with Crippen molar-refractivity contribution in [2.24, 2.45) is 5.92 Å². The molecular formula is C9H18O4S. The van der Waals surface area contributed by atoms with E-state index in [1.54, 1.807) is 0 Å². The van der Waals surface area contributed by atoms with Crippen molar-refractivity contribution >= 4 is 16.9 Å². The molecule has 0 aromatic carbocycles. The highest BCUT2D eigenvalue weighted by Crippen LogP contribution is 2.24. The molecule has 84 valence electrons. The molecule has 0 aromatic rings. The second kappa shape index (κ2) is 7.09. The fraction of sp³-hybridized carbons (Fsp3) is 0.889. The minimum absolute atomic E-state index is 0. The van der Waals surface area contributed by atoms with Gasteiger partial charge in [0, 0.05) is 19.1 Å². The summed E-state index contributed by atoms with van der Waals surface area (Å²) >= 11 is -1.14. The molecule has 1 rings (SSSR count). The van der Waals surface area contributed by atoms with Crippen LogP contribution in [0.3, 0.4) is 0 Å². The number of ketones is 1. The van der Waals surface area contributed by atoms with E-state index in [-0.39, 0.29) is 5.48 Å². The van der Waals surface area contributed by atoms with Gasteiger partial charge in [-0.1, -0.05) is 0 Å². The first-order valence-corrected chi connectivity index (χ1v) is 6.15. The number of rotatable bonds is 4. The molecule has 0 spiro atoms. The molecule has 0 radical (unpaired) electrons. The Morgan fingerprint density at radius 3 is 2.50 bits per heavy atom. The van der Waals surface area contributed by atoms with Crippen molar-refractivity contribution in [1.82, 2.24) is 0 Å². The van der Waals surface area contributed by atoms with Crippen LogP contribution >= 0.6 is 0 Å². The number of carbonyl (C=O) groups is 1. The van der Waals surface area contributed by atoms with E-state index in [0.29, 0.717) is 18.3 Å². The Kier molecular flexibility index (Phi) is 6.96. The normalized spacial score (nSPS) is 20.2. The fourth-order valence-corrected chi connectivity index (χ4v) is 1.95. The molecule has 0 aliphatic heterocycles. The number of hydrogen-bond donors (Lipinski definition) is 0. The molecule has 1 atom stereocenters. The Labute approximate surface area is 87.0 Å². The first-order chi connectivity index (χ1) is 6.18. The maximum Gasteiger partial charge on any atom is 0.152 e. The molecule has 1 aliphatic rings. The van der Waals surface area contributed by atoms with Gasteiger partial charge >= 0.3 is 0 Å². The highest BCUT2D eigenvalue weighted by molar-refractivity contribution is 7.79. The summed E-state index contributed by atoms with van der Waals surface area (Å²) in [6.07, 6.45) is 5.88. The summed E-state index contributed by atoms with van der Waals surface area (Å²) in [7, 11) is 0. The van der Waals surface area contributed by atoms with Crippen molar-refractivity contribution in [3.63, 3.8) is 0 Å². The summed E-state index contributed by atoms with van der Waals surface area (Å²) < 4.78 is 15.5.